The van der Waals surface area contributed by atoms with Crippen LogP contribution in [0.15, 0.2) is 42.5 Å². The van der Waals surface area contributed by atoms with Crippen molar-refractivity contribution in [2.45, 2.75) is 33.3 Å². The fourth-order valence-electron chi connectivity index (χ4n) is 2.21. The molecule has 122 valence electrons. The van der Waals surface area contributed by atoms with Crippen molar-refractivity contribution in [1.29, 1.82) is 0 Å². The summed E-state index contributed by atoms with van der Waals surface area (Å²) in [6.07, 6.45) is 0.0626. The van der Waals surface area contributed by atoms with Crippen LogP contribution < -0.4 is 14.8 Å². The highest BCUT2D eigenvalue weighted by molar-refractivity contribution is 5.94. The summed E-state index contributed by atoms with van der Waals surface area (Å²) in [6.45, 7) is 5.91. The molecule has 2 aromatic rings. The van der Waals surface area contributed by atoms with Crippen LogP contribution in [0.5, 0.6) is 11.5 Å². The largest absolute Gasteiger partial charge is 0.497 e. The number of aryl methyl sites for hydroxylation is 2. The molecule has 0 bridgehead atoms. The van der Waals surface area contributed by atoms with Crippen molar-refractivity contribution >= 4 is 11.6 Å². The third-order valence-electron chi connectivity index (χ3n) is 3.63. The van der Waals surface area contributed by atoms with E-state index in [-0.39, 0.29) is 5.91 Å². The molecule has 0 heterocycles. The highest BCUT2D eigenvalue weighted by Gasteiger charge is 2.19. The maximum Gasteiger partial charge on any atom is 0.265 e. The van der Waals surface area contributed by atoms with Gasteiger partial charge in [-0.1, -0.05) is 19.1 Å². The summed E-state index contributed by atoms with van der Waals surface area (Å²) in [6, 6.07) is 13.2. The Balaban J connectivity index is 2.07. The Morgan fingerprint density at radius 2 is 1.83 bits per heavy atom. The zero-order valence-electron chi connectivity index (χ0n) is 14.1. The Morgan fingerprint density at radius 3 is 2.43 bits per heavy atom. The molecule has 2 rings (SSSR count). The fraction of sp³-hybridized carbons (Fsp3) is 0.316. The topological polar surface area (TPSA) is 47.6 Å². The van der Waals surface area contributed by atoms with Crippen molar-refractivity contribution in [2.75, 3.05) is 12.4 Å². The van der Waals surface area contributed by atoms with Gasteiger partial charge in [0.1, 0.15) is 11.5 Å². The second-order valence-corrected chi connectivity index (χ2v) is 5.50. The van der Waals surface area contributed by atoms with Crippen LogP contribution in [-0.2, 0) is 4.79 Å². The number of anilines is 1. The van der Waals surface area contributed by atoms with Gasteiger partial charge in [-0.05, 0) is 61.7 Å². The molecule has 1 N–H and O–H groups in total. The number of ether oxygens (including phenoxy) is 2. The molecule has 0 spiro atoms. The molecule has 0 saturated carbocycles. The third kappa shape index (κ3) is 4.49. The van der Waals surface area contributed by atoms with E-state index in [0.717, 1.165) is 28.3 Å². The Morgan fingerprint density at radius 1 is 1.13 bits per heavy atom. The highest BCUT2D eigenvalue weighted by Crippen LogP contribution is 2.22. The molecule has 4 nitrogen and oxygen atoms in total. The first kappa shape index (κ1) is 16.9. The Bertz CT molecular complexity index is 665. The first-order valence-electron chi connectivity index (χ1n) is 7.72. The number of methoxy groups -OCH3 is 1. The number of carbonyl (C=O) groups excluding carboxylic acids is 1. The third-order valence-corrected chi connectivity index (χ3v) is 3.63. The quantitative estimate of drug-likeness (QED) is 0.873. The predicted octanol–water partition coefficient (Wildman–Crippen LogP) is 4.11. The minimum Gasteiger partial charge on any atom is -0.497 e. The van der Waals surface area contributed by atoms with Gasteiger partial charge in [0.2, 0.25) is 0 Å². The summed E-state index contributed by atoms with van der Waals surface area (Å²) in [5.41, 5.74) is 2.85. The molecule has 0 aliphatic rings. The Kier molecular flexibility index (Phi) is 5.63. The van der Waals surface area contributed by atoms with Crippen LogP contribution in [-0.4, -0.2) is 19.1 Å². The van der Waals surface area contributed by atoms with E-state index in [1.165, 1.54) is 0 Å². The van der Waals surface area contributed by atoms with E-state index in [9.17, 15) is 4.79 Å². The second-order valence-electron chi connectivity index (χ2n) is 5.50. The van der Waals surface area contributed by atoms with Crippen LogP contribution in [0, 0.1) is 13.8 Å². The van der Waals surface area contributed by atoms with Gasteiger partial charge >= 0.3 is 0 Å². The maximum atomic E-state index is 12.4. The first-order chi connectivity index (χ1) is 11.0. The van der Waals surface area contributed by atoms with E-state index in [1.54, 1.807) is 19.2 Å². The van der Waals surface area contributed by atoms with E-state index in [4.69, 9.17) is 9.47 Å². The van der Waals surface area contributed by atoms with Crippen LogP contribution in [0.4, 0.5) is 5.69 Å². The van der Waals surface area contributed by atoms with Gasteiger partial charge in [0.15, 0.2) is 6.10 Å². The van der Waals surface area contributed by atoms with Gasteiger partial charge in [0, 0.05) is 5.69 Å². The smallest absolute Gasteiger partial charge is 0.265 e. The van der Waals surface area contributed by atoms with E-state index in [2.05, 4.69) is 5.32 Å². The van der Waals surface area contributed by atoms with E-state index < -0.39 is 6.10 Å². The van der Waals surface area contributed by atoms with Crippen LogP contribution in [0.3, 0.4) is 0 Å². The van der Waals surface area contributed by atoms with Gasteiger partial charge in [0.25, 0.3) is 5.91 Å². The summed E-state index contributed by atoms with van der Waals surface area (Å²) >= 11 is 0. The monoisotopic (exact) mass is 313 g/mol. The van der Waals surface area contributed by atoms with Gasteiger partial charge in [-0.15, -0.1) is 0 Å². The molecular formula is C19H23NO3. The molecule has 0 fully saturated rings. The predicted molar refractivity (Wildman–Crippen MR) is 92.2 cm³/mol. The number of hydrogen-bond acceptors (Lipinski definition) is 3. The molecule has 2 aromatic carbocycles. The standard InChI is InChI=1S/C19H23NO3/c1-5-17(23-18-12-13(2)6-7-14(18)3)19(21)20-15-8-10-16(22-4)11-9-15/h6-12,17H,5H2,1-4H3,(H,20,21). The molecule has 0 radical (unpaired) electrons. The molecular weight excluding hydrogens is 290 g/mol. The molecule has 0 aliphatic carbocycles. The normalized spacial score (nSPS) is 11.7. The number of carbonyl (C=O) groups is 1. The number of rotatable bonds is 6. The van der Waals surface area contributed by atoms with Crippen molar-refractivity contribution in [3.63, 3.8) is 0 Å². The van der Waals surface area contributed by atoms with E-state index in [0.29, 0.717) is 6.42 Å². The lowest BCUT2D eigenvalue weighted by Crippen LogP contribution is -2.32. The van der Waals surface area contributed by atoms with Crippen molar-refractivity contribution in [3.8, 4) is 11.5 Å². The number of hydrogen-bond donors (Lipinski definition) is 1. The zero-order chi connectivity index (χ0) is 16.8. The van der Waals surface area contributed by atoms with Crippen molar-refractivity contribution in [3.05, 3.63) is 53.6 Å². The SMILES string of the molecule is CCC(Oc1cc(C)ccc1C)C(=O)Nc1ccc(OC)cc1. The lowest BCUT2D eigenvalue weighted by molar-refractivity contribution is -0.122. The molecule has 0 saturated heterocycles. The lowest BCUT2D eigenvalue weighted by Gasteiger charge is -2.19. The molecule has 23 heavy (non-hydrogen) atoms. The molecule has 1 atom stereocenters. The summed E-state index contributed by atoms with van der Waals surface area (Å²) in [4.78, 5) is 12.4. The minimum absolute atomic E-state index is 0.154. The maximum absolute atomic E-state index is 12.4. The minimum atomic E-state index is -0.530. The van der Waals surface area contributed by atoms with Gasteiger partial charge in [-0.2, -0.15) is 0 Å². The van der Waals surface area contributed by atoms with E-state index >= 15 is 0 Å². The van der Waals surface area contributed by atoms with Crippen LogP contribution in [0.1, 0.15) is 24.5 Å². The molecule has 0 aromatic heterocycles. The van der Waals surface area contributed by atoms with Gasteiger partial charge in [0.05, 0.1) is 7.11 Å². The molecule has 4 heteroatoms. The van der Waals surface area contributed by atoms with Gasteiger partial charge < -0.3 is 14.8 Å². The summed E-state index contributed by atoms with van der Waals surface area (Å²) in [5, 5.41) is 2.88. The number of benzene rings is 2. The van der Waals surface area contributed by atoms with Crippen molar-refractivity contribution in [1.82, 2.24) is 0 Å². The van der Waals surface area contributed by atoms with Crippen LogP contribution >= 0.6 is 0 Å². The summed E-state index contributed by atoms with van der Waals surface area (Å²) < 4.78 is 11.0. The number of nitrogens with one attached hydrogen (secondary N) is 1. The summed E-state index contributed by atoms with van der Waals surface area (Å²) in [5.74, 6) is 1.35. The van der Waals surface area contributed by atoms with Gasteiger partial charge in [-0.25, -0.2) is 0 Å². The van der Waals surface area contributed by atoms with E-state index in [1.807, 2.05) is 51.1 Å². The fourth-order valence-corrected chi connectivity index (χ4v) is 2.21. The average Bonchev–Trinajstić information content (AvgIpc) is 2.56. The second kappa shape index (κ2) is 7.68. The van der Waals surface area contributed by atoms with Gasteiger partial charge in [-0.3, -0.25) is 4.79 Å². The summed E-state index contributed by atoms with van der Waals surface area (Å²) in [7, 11) is 1.61. The Hall–Kier alpha value is -2.49. The molecule has 1 unspecified atom stereocenters. The van der Waals surface area contributed by atoms with Crippen molar-refractivity contribution < 1.29 is 14.3 Å². The highest BCUT2D eigenvalue weighted by atomic mass is 16.5. The average molecular weight is 313 g/mol. The first-order valence-corrected chi connectivity index (χ1v) is 7.72. The van der Waals surface area contributed by atoms with Crippen molar-refractivity contribution in [2.24, 2.45) is 0 Å². The number of amides is 1. The zero-order valence-corrected chi connectivity index (χ0v) is 14.1. The van der Waals surface area contributed by atoms with Crippen LogP contribution in [0.2, 0.25) is 0 Å². The molecule has 0 aliphatic heterocycles. The molecule has 1 amide bonds. The van der Waals surface area contributed by atoms with Crippen LogP contribution in [0.25, 0.3) is 0 Å². The Labute approximate surface area is 137 Å². The lowest BCUT2D eigenvalue weighted by atomic mass is 10.1.